The smallest absolute Gasteiger partial charge is 0.282 e. The van der Waals surface area contributed by atoms with Crippen molar-refractivity contribution in [3.05, 3.63) is 17.5 Å². The molecular formula is C14H22F2N2O. The monoisotopic (exact) mass is 272 g/mol. The number of hydrogen-bond donors (Lipinski definition) is 1. The van der Waals surface area contributed by atoms with Crippen LogP contribution in [0.3, 0.4) is 0 Å². The van der Waals surface area contributed by atoms with Crippen molar-refractivity contribution in [3.63, 3.8) is 0 Å². The van der Waals surface area contributed by atoms with Gasteiger partial charge in [0.2, 0.25) is 0 Å². The number of aromatic nitrogens is 2. The number of hydrogen-bond acceptors (Lipinski definition) is 2. The first-order valence-corrected chi connectivity index (χ1v) is 6.87. The van der Waals surface area contributed by atoms with Gasteiger partial charge in [0.25, 0.3) is 6.43 Å². The van der Waals surface area contributed by atoms with Crippen molar-refractivity contribution in [2.75, 3.05) is 0 Å². The van der Waals surface area contributed by atoms with Crippen LogP contribution >= 0.6 is 0 Å². The summed E-state index contributed by atoms with van der Waals surface area (Å²) >= 11 is 0. The summed E-state index contributed by atoms with van der Waals surface area (Å²) in [5.74, 6) is -0.200. The molecule has 2 atom stereocenters. The summed E-state index contributed by atoms with van der Waals surface area (Å²) in [5, 5.41) is 14.1. The molecule has 0 aliphatic heterocycles. The van der Waals surface area contributed by atoms with E-state index in [9.17, 15) is 13.9 Å². The van der Waals surface area contributed by atoms with E-state index in [0.29, 0.717) is 12.0 Å². The van der Waals surface area contributed by atoms with Crippen LogP contribution in [0.4, 0.5) is 8.78 Å². The van der Waals surface area contributed by atoms with Gasteiger partial charge in [-0.2, -0.15) is 5.10 Å². The number of nitrogens with zero attached hydrogens (tertiary/aromatic N) is 2. The van der Waals surface area contributed by atoms with E-state index in [1.807, 2.05) is 20.8 Å². The Hall–Kier alpha value is -0.970. The van der Waals surface area contributed by atoms with Crippen LogP contribution in [0.5, 0.6) is 0 Å². The molecule has 1 aromatic heterocycles. The highest BCUT2D eigenvalue weighted by atomic mass is 19.3. The first-order valence-electron chi connectivity index (χ1n) is 6.87. The van der Waals surface area contributed by atoms with Crippen LogP contribution in [-0.4, -0.2) is 21.0 Å². The SMILES string of the molecule is CC(C)(C)n1cc([C@H]2CCCCC2O)c(C(F)F)n1. The van der Waals surface area contributed by atoms with Crippen molar-refractivity contribution in [1.29, 1.82) is 0 Å². The highest BCUT2D eigenvalue weighted by Crippen LogP contribution is 2.38. The molecule has 1 aliphatic carbocycles. The van der Waals surface area contributed by atoms with E-state index in [0.717, 1.165) is 19.3 Å². The second-order valence-corrected chi connectivity index (χ2v) is 6.34. The third kappa shape index (κ3) is 2.96. The minimum absolute atomic E-state index is 0.166. The van der Waals surface area contributed by atoms with Gasteiger partial charge in [0.15, 0.2) is 0 Å². The number of rotatable bonds is 2. The zero-order valence-electron chi connectivity index (χ0n) is 11.7. The highest BCUT2D eigenvalue weighted by Gasteiger charge is 2.32. The standard InChI is InChI=1S/C14H22F2N2O/c1-14(2,3)18-8-10(12(17-18)13(15)16)9-6-4-5-7-11(9)19/h8-9,11,13,19H,4-7H2,1-3H3/t9-,11?/m1/s1. The summed E-state index contributed by atoms with van der Waals surface area (Å²) in [6.45, 7) is 5.78. The zero-order valence-corrected chi connectivity index (χ0v) is 11.7. The summed E-state index contributed by atoms with van der Waals surface area (Å²) in [7, 11) is 0. The number of aliphatic hydroxyl groups is 1. The van der Waals surface area contributed by atoms with Gasteiger partial charge in [-0.3, -0.25) is 4.68 Å². The number of aliphatic hydroxyl groups excluding tert-OH is 1. The van der Waals surface area contributed by atoms with Crippen molar-refractivity contribution in [3.8, 4) is 0 Å². The van der Waals surface area contributed by atoms with Crippen molar-refractivity contribution in [1.82, 2.24) is 9.78 Å². The van der Waals surface area contributed by atoms with Crippen LogP contribution in [0.15, 0.2) is 6.20 Å². The van der Waals surface area contributed by atoms with Crippen molar-refractivity contribution in [2.24, 2.45) is 0 Å². The van der Waals surface area contributed by atoms with Crippen LogP contribution < -0.4 is 0 Å². The minimum atomic E-state index is -2.59. The van der Waals surface area contributed by atoms with E-state index in [1.54, 1.807) is 10.9 Å². The van der Waals surface area contributed by atoms with E-state index in [-0.39, 0.29) is 17.2 Å². The lowest BCUT2D eigenvalue weighted by Crippen LogP contribution is -2.23. The Morgan fingerprint density at radius 1 is 1.32 bits per heavy atom. The van der Waals surface area contributed by atoms with E-state index < -0.39 is 12.5 Å². The maximum atomic E-state index is 13.2. The normalized spacial score (nSPS) is 25.0. The number of alkyl halides is 2. The molecule has 0 bridgehead atoms. The first kappa shape index (κ1) is 14.4. The lowest BCUT2D eigenvalue weighted by molar-refractivity contribution is 0.101. The molecule has 0 saturated heterocycles. The topological polar surface area (TPSA) is 38.0 Å². The Labute approximate surface area is 112 Å². The summed E-state index contributed by atoms with van der Waals surface area (Å²) in [6.07, 6.45) is 1.97. The van der Waals surface area contributed by atoms with Crippen LogP contribution in [0, 0.1) is 0 Å². The van der Waals surface area contributed by atoms with E-state index in [2.05, 4.69) is 5.10 Å². The Morgan fingerprint density at radius 3 is 2.47 bits per heavy atom. The Kier molecular flexibility index (Phi) is 3.95. The van der Waals surface area contributed by atoms with Crippen LogP contribution in [0.25, 0.3) is 0 Å². The Balaban J connectivity index is 2.40. The fourth-order valence-electron chi connectivity index (χ4n) is 2.67. The third-order valence-corrected chi connectivity index (χ3v) is 3.80. The second kappa shape index (κ2) is 5.19. The highest BCUT2D eigenvalue weighted by molar-refractivity contribution is 5.25. The van der Waals surface area contributed by atoms with E-state index in [1.165, 1.54) is 0 Å². The van der Waals surface area contributed by atoms with Crippen molar-refractivity contribution < 1.29 is 13.9 Å². The molecule has 0 spiro atoms. The molecule has 3 nitrogen and oxygen atoms in total. The zero-order chi connectivity index (χ0) is 14.2. The quantitative estimate of drug-likeness (QED) is 0.893. The molecule has 19 heavy (non-hydrogen) atoms. The van der Waals surface area contributed by atoms with Gasteiger partial charge in [-0.25, -0.2) is 8.78 Å². The lowest BCUT2D eigenvalue weighted by atomic mass is 9.82. The molecule has 1 saturated carbocycles. The maximum Gasteiger partial charge on any atom is 0.282 e. The molecule has 108 valence electrons. The molecule has 5 heteroatoms. The van der Waals surface area contributed by atoms with E-state index in [4.69, 9.17) is 0 Å². The average Bonchev–Trinajstić information content (AvgIpc) is 2.74. The molecule has 1 N–H and O–H groups in total. The van der Waals surface area contributed by atoms with E-state index >= 15 is 0 Å². The Bertz CT molecular complexity index is 437. The van der Waals surface area contributed by atoms with Gasteiger partial charge in [0.05, 0.1) is 11.6 Å². The Morgan fingerprint density at radius 2 is 1.95 bits per heavy atom. The maximum absolute atomic E-state index is 13.2. The van der Waals surface area contributed by atoms with Gasteiger partial charge in [-0.05, 0) is 33.6 Å². The summed E-state index contributed by atoms with van der Waals surface area (Å²) < 4.78 is 27.9. The molecule has 1 aliphatic rings. The van der Waals surface area contributed by atoms with Gasteiger partial charge < -0.3 is 5.11 Å². The molecule has 1 fully saturated rings. The molecule has 2 rings (SSSR count). The van der Waals surface area contributed by atoms with Gasteiger partial charge in [-0.15, -0.1) is 0 Å². The van der Waals surface area contributed by atoms with Gasteiger partial charge in [0.1, 0.15) is 5.69 Å². The predicted octanol–water partition coefficient (Wildman–Crippen LogP) is 3.59. The molecular weight excluding hydrogens is 250 g/mol. The van der Waals surface area contributed by atoms with Gasteiger partial charge in [-0.1, -0.05) is 12.8 Å². The summed E-state index contributed by atoms with van der Waals surface area (Å²) in [5.41, 5.74) is 0.0274. The van der Waals surface area contributed by atoms with Crippen molar-refractivity contribution in [2.45, 2.75) is 70.4 Å². The molecule has 1 aromatic rings. The van der Waals surface area contributed by atoms with Crippen LogP contribution in [-0.2, 0) is 5.54 Å². The van der Waals surface area contributed by atoms with Gasteiger partial charge >= 0.3 is 0 Å². The predicted molar refractivity (Wildman–Crippen MR) is 69.4 cm³/mol. The largest absolute Gasteiger partial charge is 0.392 e. The summed E-state index contributed by atoms with van der Waals surface area (Å²) in [4.78, 5) is 0. The van der Waals surface area contributed by atoms with Crippen molar-refractivity contribution >= 4 is 0 Å². The van der Waals surface area contributed by atoms with Gasteiger partial charge in [0, 0.05) is 17.7 Å². The molecule has 0 radical (unpaired) electrons. The third-order valence-electron chi connectivity index (χ3n) is 3.80. The van der Waals surface area contributed by atoms with Crippen LogP contribution in [0.2, 0.25) is 0 Å². The lowest BCUT2D eigenvalue weighted by Gasteiger charge is -2.27. The second-order valence-electron chi connectivity index (χ2n) is 6.34. The number of halogens is 2. The fraction of sp³-hybridized carbons (Fsp3) is 0.786. The van der Waals surface area contributed by atoms with Crippen LogP contribution in [0.1, 0.15) is 70.1 Å². The first-order chi connectivity index (χ1) is 8.80. The molecule has 1 heterocycles. The fourth-order valence-corrected chi connectivity index (χ4v) is 2.67. The molecule has 0 amide bonds. The minimum Gasteiger partial charge on any atom is -0.392 e. The molecule has 1 unspecified atom stereocenters. The molecule has 0 aromatic carbocycles. The average molecular weight is 272 g/mol. The summed E-state index contributed by atoms with van der Waals surface area (Å²) in [6, 6.07) is 0.